The van der Waals surface area contributed by atoms with Crippen LogP contribution < -0.4 is 5.73 Å². The molecule has 0 aliphatic heterocycles. The standard InChI is InChI=1S/C14H28N2OS/c1-14(2,13(15)18)8-4-9-16(10-5-11-17)12-6-3-7-12/h12,17H,3-11H2,1-2H3,(H2,15,18). The monoisotopic (exact) mass is 272 g/mol. The van der Waals surface area contributed by atoms with Crippen molar-refractivity contribution < 1.29 is 5.11 Å². The van der Waals surface area contributed by atoms with Crippen molar-refractivity contribution in [2.24, 2.45) is 11.1 Å². The molecule has 0 unspecified atom stereocenters. The Balaban J connectivity index is 2.30. The van der Waals surface area contributed by atoms with Crippen LogP contribution in [0.25, 0.3) is 0 Å². The smallest absolute Gasteiger partial charge is 0.0784 e. The first kappa shape index (κ1) is 15.9. The molecule has 1 rings (SSSR count). The summed E-state index contributed by atoms with van der Waals surface area (Å²) < 4.78 is 0. The fraction of sp³-hybridized carbons (Fsp3) is 0.929. The summed E-state index contributed by atoms with van der Waals surface area (Å²) in [5.74, 6) is 0. The quantitative estimate of drug-likeness (QED) is 0.632. The molecule has 0 aromatic carbocycles. The van der Waals surface area contributed by atoms with Crippen LogP contribution in [0.5, 0.6) is 0 Å². The third-order valence-corrected chi connectivity index (χ3v) is 4.66. The summed E-state index contributed by atoms with van der Waals surface area (Å²) in [4.78, 5) is 3.16. The molecule has 3 N–H and O–H groups in total. The van der Waals surface area contributed by atoms with Crippen molar-refractivity contribution >= 4 is 17.2 Å². The van der Waals surface area contributed by atoms with Crippen LogP contribution in [0.4, 0.5) is 0 Å². The minimum absolute atomic E-state index is 0.0302. The van der Waals surface area contributed by atoms with Gasteiger partial charge in [0.1, 0.15) is 0 Å². The van der Waals surface area contributed by atoms with Crippen molar-refractivity contribution in [1.29, 1.82) is 0 Å². The maximum atomic E-state index is 8.95. The zero-order chi connectivity index (χ0) is 13.6. The van der Waals surface area contributed by atoms with Crippen molar-refractivity contribution in [1.82, 2.24) is 4.90 Å². The Hall–Kier alpha value is -0.190. The van der Waals surface area contributed by atoms with E-state index in [0.29, 0.717) is 11.6 Å². The normalized spacial score (nSPS) is 16.9. The van der Waals surface area contributed by atoms with Gasteiger partial charge in [-0.25, -0.2) is 0 Å². The Morgan fingerprint density at radius 2 is 1.94 bits per heavy atom. The fourth-order valence-corrected chi connectivity index (χ4v) is 2.45. The highest BCUT2D eigenvalue weighted by molar-refractivity contribution is 7.80. The van der Waals surface area contributed by atoms with E-state index in [2.05, 4.69) is 18.7 Å². The Bertz CT molecular complexity index is 265. The molecule has 1 fully saturated rings. The molecule has 0 bridgehead atoms. The summed E-state index contributed by atoms with van der Waals surface area (Å²) in [6.07, 6.45) is 7.07. The van der Waals surface area contributed by atoms with E-state index in [1.807, 2.05) is 0 Å². The molecular weight excluding hydrogens is 244 g/mol. The maximum Gasteiger partial charge on any atom is 0.0784 e. The van der Waals surface area contributed by atoms with Crippen LogP contribution >= 0.6 is 12.2 Å². The number of aliphatic hydroxyl groups is 1. The van der Waals surface area contributed by atoms with Crippen LogP contribution in [-0.2, 0) is 0 Å². The van der Waals surface area contributed by atoms with E-state index < -0.39 is 0 Å². The van der Waals surface area contributed by atoms with Crippen LogP contribution in [-0.4, -0.2) is 40.7 Å². The second-order valence-electron chi connectivity index (χ2n) is 6.05. The average Bonchev–Trinajstić information content (AvgIpc) is 2.22. The Labute approximate surface area is 117 Å². The Morgan fingerprint density at radius 1 is 1.33 bits per heavy atom. The zero-order valence-electron chi connectivity index (χ0n) is 11.8. The van der Waals surface area contributed by atoms with Gasteiger partial charge in [0.15, 0.2) is 0 Å². The highest BCUT2D eigenvalue weighted by Gasteiger charge is 2.26. The average molecular weight is 272 g/mol. The molecule has 106 valence electrons. The number of hydrogen-bond donors (Lipinski definition) is 2. The van der Waals surface area contributed by atoms with E-state index >= 15 is 0 Å². The van der Waals surface area contributed by atoms with Crippen LogP contribution in [0.3, 0.4) is 0 Å². The fourth-order valence-electron chi connectivity index (χ4n) is 2.35. The topological polar surface area (TPSA) is 49.5 Å². The van der Waals surface area contributed by atoms with E-state index in [1.54, 1.807) is 0 Å². The van der Waals surface area contributed by atoms with Gasteiger partial charge in [-0.2, -0.15) is 0 Å². The van der Waals surface area contributed by atoms with Crippen LogP contribution in [0.1, 0.15) is 52.4 Å². The van der Waals surface area contributed by atoms with Crippen LogP contribution in [0.2, 0.25) is 0 Å². The summed E-state index contributed by atoms with van der Waals surface area (Å²) in [5, 5.41) is 8.95. The summed E-state index contributed by atoms with van der Waals surface area (Å²) >= 11 is 5.10. The molecule has 0 saturated heterocycles. The number of nitrogens with two attached hydrogens (primary N) is 1. The van der Waals surface area contributed by atoms with E-state index in [9.17, 15) is 0 Å². The minimum atomic E-state index is -0.0302. The van der Waals surface area contributed by atoms with Crippen molar-refractivity contribution in [2.45, 2.75) is 58.4 Å². The van der Waals surface area contributed by atoms with Crippen molar-refractivity contribution in [3.63, 3.8) is 0 Å². The highest BCUT2D eigenvalue weighted by Crippen LogP contribution is 2.27. The lowest BCUT2D eigenvalue weighted by molar-refractivity contribution is 0.112. The van der Waals surface area contributed by atoms with Gasteiger partial charge in [-0.15, -0.1) is 0 Å². The predicted molar refractivity (Wildman–Crippen MR) is 80.7 cm³/mol. The third-order valence-electron chi connectivity index (χ3n) is 4.11. The maximum absolute atomic E-state index is 8.95. The number of aliphatic hydroxyl groups excluding tert-OH is 1. The lowest BCUT2D eigenvalue weighted by atomic mass is 9.87. The van der Waals surface area contributed by atoms with Crippen LogP contribution in [0.15, 0.2) is 0 Å². The largest absolute Gasteiger partial charge is 0.396 e. The van der Waals surface area contributed by atoms with Gasteiger partial charge in [0.25, 0.3) is 0 Å². The van der Waals surface area contributed by atoms with Gasteiger partial charge >= 0.3 is 0 Å². The zero-order valence-corrected chi connectivity index (χ0v) is 12.6. The van der Waals surface area contributed by atoms with Gasteiger partial charge in [0.2, 0.25) is 0 Å². The summed E-state index contributed by atoms with van der Waals surface area (Å²) in [6.45, 7) is 6.67. The molecule has 0 atom stereocenters. The second-order valence-corrected chi connectivity index (χ2v) is 6.49. The molecule has 1 saturated carbocycles. The van der Waals surface area contributed by atoms with E-state index in [4.69, 9.17) is 23.1 Å². The lowest BCUT2D eigenvalue weighted by Crippen LogP contribution is -2.42. The number of hydrogen-bond acceptors (Lipinski definition) is 3. The molecule has 3 nitrogen and oxygen atoms in total. The van der Waals surface area contributed by atoms with Crippen molar-refractivity contribution in [3.05, 3.63) is 0 Å². The van der Waals surface area contributed by atoms with Crippen LogP contribution in [0, 0.1) is 5.41 Å². The first-order valence-corrected chi connectivity index (χ1v) is 7.53. The van der Waals surface area contributed by atoms with Gasteiger partial charge in [0.05, 0.1) is 4.99 Å². The van der Waals surface area contributed by atoms with Gasteiger partial charge in [-0.3, -0.25) is 0 Å². The Kier molecular flexibility index (Phi) is 6.53. The summed E-state index contributed by atoms with van der Waals surface area (Å²) in [6, 6.07) is 0.754. The van der Waals surface area contributed by atoms with E-state index in [0.717, 1.165) is 38.4 Å². The molecule has 0 radical (unpaired) electrons. The number of thiocarbonyl (C=S) groups is 1. The molecular formula is C14H28N2OS. The molecule has 0 heterocycles. The number of nitrogens with zero attached hydrogens (tertiary/aromatic N) is 1. The van der Waals surface area contributed by atoms with Crippen molar-refractivity contribution in [2.75, 3.05) is 19.7 Å². The minimum Gasteiger partial charge on any atom is -0.396 e. The second kappa shape index (κ2) is 7.41. The van der Waals surface area contributed by atoms with E-state index in [-0.39, 0.29) is 5.41 Å². The highest BCUT2D eigenvalue weighted by atomic mass is 32.1. The number of rotatable bonds is 9. The molecule has 18 heavy (non-hydrogen) atoms. The van der Waals surface area contributed by atoms with Gasteiger partial charge in [-0.05, 0) is 38.6 Å². The molecule has 0 aromatic heterocycles. The van der Waals surface area contributed by atoms with Crippen molar-refractivity contribution in [3.8, 4) is 0 Å². The molecule has 4 heteroatoms. The molecule has 1 aliphatic rings. The molecule has 0 spiro atoms. The SMILES string of the molecule is CC(C)(CCCN(CCCO)C1CCC1)C(N)=S. The first-order valence-electron chi connectivity index (χ1n) is 7.12. The third kappa shape index (κ3) is 4.82. The molecule has 0 amide bonds. The summed E-state index contributed by atoms with van der Waals surface area (Å²) in [7, 11) is 0. The van der Waals surface area contributed by atoms with E-state index in [1.165, 1.54) is 19.3 Å². The molecule has 1 aliphatic carbocycles. The Morgan fingerprint density at radius 3 is 2.39 bits per heavy atom. The predicted octanol–water partition coefficient (Wildman–Crippen LogP) is 2.32. The van der Waals surface area contributed by atoms with Gasteiger partial charge in [0, 0.05) is 24.6 Å². The lowest BCUT2D eigenvalue weighted by Gasteiger charge is -2.38. The van der Waals surface area contributed by atoms with Gasteiger partial charge in [-0.1, -0.05) is 32.5 Å². The van der Waals surface area contributed by atoms with Gasteiger partial charge < -0.3 is 15.7 Å². The first-order chi connectivity index (χ1) is 8.47. The molecule has 0 aromatic rings. The summed E-state index contributed by atoms with van der Waals surface area (Å²) in [5.41, 5.74) is 5.72.